The standard InChI is InChI=1S/C13H21F3N2O2/c1-17-12(11(19)20,9-4-5-9)8-18-6-2-3-10(7-18)13(14,15)16/h9-10,17H,2-8H2,1H3,(H,19,20). The zero-order valence-electron chi connectivity index (χ0n) is 11.5. The fourth-order valence-corrected chi connectivity index (χ4v) is 3.16. The summed E-state index contributed by atoms with van der Waals surface area (Å²) >= 11 is 0. The quantitative estimate of drug-likeness (QED) is 0.810. The molecule has 1 heterocycles. The fraction of sp³-hybridized carbons (Fsp3) is 0.923. The van der Waals surface area contributed by atoms with Gasteiger partial charge in [-0.25, -0.2) is 0 Å². The van der Waals surface area contributed by atoms with Gasteiger partial charge < -0.3 is 15.3 Å². The van der Waals surface area contributed by atoms with E-state index in [2.05, 4.69) is 5.32 Å². The molecule has 7 heteroatoms. The van der Waals surface area contributed by atoms with Gasteiger partial charge in [-0.3, -0.25) is 4.79 Å². The van der Waals surface area contributed by atoms with Gasteiger partial charge in [0.15, 0.2) is 0 Å². The third-order valence-corrected chi connectivity index (χ3v) is 4.54. The van der Waals surface area contributed by atoms with E-state index in [1.54, 1.807) is 11.9 Å². The van der Waals surface area contributed by atoms with Gasteiger partial charge in [0, 0.05) is 13.1 Å². The third-order valence-electron chi connectivity index (χ3n) is 4.54. The summed E-state index contributed by atoms with van der Waals surface area (Å²) in [6, 6.07) is 0. The molecular weight excluding hydrogens is 273 g/mol. The van der Waals surface area contributed by atoms with Crippen LogP contribution in [0.25, 0.3) is 0 Å². The Balaban J connectivity index is 2.05. The third kappa shape index (κ3) is 3.09. The van der Waals surface area contributed by atoms with Crippen molar-refractivity contribution in [3.63, 3.8) is 0 Å². The monoisotopic (exact) mass is 294 g/mol. The molecule has 1 aliphatic heterocycles. The number of halogens is 3. The van der Waals surface area contributed by atoms with Crippen LogP contribution in [0.3, 0.4) is 0 Å². The van der Waals surface area contributed by atoms with Crippen LogP contribution in [-0.2, 0) is 4.79 Å². The Morgan fingerprint density at radius 2 is 1.95 bits per heavy atom. The summed E-state index contributed by atoms with van der Waals surface area (Å²) in [7, 11) is 1.58. The Bertz CT molecular complexity index is 371. The maximum absolute atomic E-state index is 12.8. The van der Waals surface area contributed by atoms with Crippen molar-refractivity contribution in [2.75, 3.05) is 26.7 Å². The molecule has 0 amide bonds. The van der Waals surface area contributed by atoms with Crippen LogP contribution in [0.4, 0.5) is 13.2 Å². The number of hydrogen-bond donors (Lipinski definition) is 2. The summed E-state index contributed by atoms with van der Waals surface area (Å²) in [5, 5.41) is 12.3. The molecule has 2 atom stereocenters. The minimum atomic E-state index is -4.19. The number of nitrogens with one attached hydrogen (secondary N) is 1. The van der Waals surface area contributed by atoms with Gasteiger partial charge in [0.1, 0.15) is 5.54 Å². The van der Waals surface area contributed by atoms with E-state index in [9.17, 15) is 23.1 Å². The molecule has 0 aromatic heterocycles. The molecular formula is C13H21F3N2O2. The molecule has 0 bridgehead atoms. The van der Waals surface area contributed by atoms with Crippen LogP contribution in [0.2, 0.25) is 0 Å². The van der Waals surface area contributed by atoms with Gasteiger partial charge in [-0.05, 0) is 45.2 Å². The van der Waals surface area contributed by atoms with E-state index in [1.165, 1.54) is 0 Å². The Labute approximate surface area is 116 Å². The number of aliphatic carboxylic acids is 1. The summed E-state index contributed by atoms with van der Waals surface area (Å²) in [6.45, 7) is 0.596. The second kappa shape index (κ2) is 5.52. The van der Waals surface area contributed by atoms with Crippen LogP contribution >= 0.6 is 0 Å². The lowest BCUT2D eigenvalue weighted by molar-refractivity contribution is -0.187. The second-order valence-electron chi connectivity index (χ2n) is 5.92. The molecule has 1 saturated heterocycles. The van der Waals surface area contributed by atoms with Crippen molar-refractivity contribution < 1.29 is 23.1 Å². The summed E-state index contributed by atoms with van der Waals surface area (Å²) in [4.78, 5) is 13.2. The first-order valence-electron chi connectivity index (χ1n) is 7.01. The van der Waals surface area contributed by atoms with Crippen molar-refractivity contribution in [1.29, 1.82) is 0 Å². The second-order valence-corrected chi connectivity index (χ2v) is 5.92. The molecule has 4 nitrogen and oxygen atoms in total. The molecule has 2 rings (SSSR count). The van der Waals surface area contributed by atoms with Gasteiger partial charge in [0.05, 0.1) is 5.92 Å². The zero-order valence-corrected chi connectivity index (χ0v) is 11.5. The first kappa shape index (κ1) is 15.6. The predicted molar refractivity (Wildman–Crippen MR) is 67.4 cm³/mol. The van der Waals surface area contributed by atoms with Gasteiger partial charge in [0.2, 0.25) is 0 Å². The number of carboxylic acid groups (broad SMARTS) is 1. The average Bonchev–Trinajstić information content (AvgIpc) is 3.19. The van der Waals surface area contributed by atoms with Crippen molar-refractivity contribution in [2.24, 2.45) is 11.8 Å². The number of likely N-dealkylation sites (tertiary alicyclic amines) is 1. The highest BCUT2D eigenvalue weighted by molar-refractivity contribution is 5.80. The first-order chi connectivity index (χ1) is 9.29. The van der Waals surface area contributed by atoms with Gasteiger partial charge >= 0.3 is 12.1 Å². The number of alkyl halides is 3. The highest BCUT2D eigenvalue weighted by Crippen LogP contribution is 2.41. The molecule has 2 aliphatic rings. The Morgan fingerprint density at radius 3 is 2.40 bits per heavy atom. The number of carbonyl (C=O) groups is 1. The Hall–Kier alpha value is -0.820. The van der Waals surface area contributed by atoms with Crippen LogP contribution < -0.4 is 5.32 Å². The van der Waals surface area contributed by atoms with Crippen molar-refractivity contribution >= 4 is 5.97 Å². The number of carboxylic acids is 1. The molecule has 2 fully saturated rings. The molecule has 20 heavy (non-hydrogen) atoms. The normalized spacial score (nSPS) is 28.1. The topological polar surface area (TPSA) is 52.6 Å². The minimum Gasteiger partial charge on any atom is -0.480 e. The fourth-order valence-electron chi connectivity index (χ4n) is 3.16. The maximum atomic E-state index is 12.8. The lowest BCUT2D eigenvalue weighted by Gasteiger charge is -2.39. The Morgan fingerprint density at radius 1 is 1.30 bits per heavy atom. The van der Waals surface area contributed by atoms with E-state index in [1.807, 2.05) is 0 Å². The Kier molecular flexibility index (Phi) is 4.30. The number of nitrogens with zero attached hydrogens (tertiary/aromatic N) is 1. The van der Waals surface area contributed by atoms with Crippen molar-refractivity contribution in [3.05, 3.63) is 0 Å². The largest absolute Gasteiger partial charge is 0.480 e. The molecule has 0 spiro atoms. The van der Waals surface area contributed by atoms with Crippen LogP contribution in [-0.4, -0.2) is 54.4 Å². The lowest BCUT2D eigenvalue weighted by atomic mass is 9.90. The summed E-state index contributed by atoms with van der Waals surface area (Å²) in [5.74, 6) is -2.27. The van der Waals surface area contributed by atoms with E-state index in [-0.39, 0.29) is 25.4 Å². The first-order valence-corrected chi connectivity index (χ1v) is 7.01. The van der Waals surface area contributed by atoms with Gasteiger partial charge in [-0.2, -0.15) is 13.2 Å². The van der Waals surface area contributed by atoms with Gasteiger partial charge in [-0.15, -0.1) is 0 Å². The molecule has 0 aromatic rings. The summed E-state index contributed by atoms with van der Waals surface area (Å²) in [5.41, 5.74) is -1.10. The maximum Gasteiger partial charge on any atom is 0.393 e. The van der Waals surface area contributed by atoms with Crippen LogP contribution in [0.15, 0.2) is 0 Å². The van der Waals surface area contributed by atoms with Crippen LogP contribution in [0.5, 0.6) is 0 Å². The van der Waals surface area contributed by atoms with Gasteiger partial charge in [-0.1, -0.05) is 0 Å². The molecule has 2 unspecified atom stereocenters. The van der Waals surface area contributed by atoms with E-state index in [4.69, 9.17) is 0 Å². The van der Waals surface area contributed by atoms with Crippen molar-refractivity contribution in [2.45, 2.75) is 37.4 Å². The highest BCUT2D eigenvalue weighted by atomic mass is 19.4. The van der Waals surface area contributed by atoms with Gasteiger partial charge in [0.25, 0.3) is 0 Å². The number of piperidine rings is 1. The molecule has 1 saturated carbocycles. The number of likely N-dealkylation sites (N-methyl/N-ethyl adjacent to an activating group) is 1. The van der Waals surface area contributed by atoms with Crippen molar-refractivity contribution in [3.8, 4) is 0 Å². The predicted octanol–water partition coefficient (Wildman–Crippen LogP) is 1.71. The number of rotatable bonds is 5. The SMILES string of the molecule is CNC(CN1CCCC(C(F)(F)F)C1)(C(=O)O)C1CC1. The molecule has 0 aromatic carbocycles. The zero-order chi connectivity index (χ0) is 15.0. The molecule has 116 valence electrons. The van der Waals surface area contributed by atoms with Crippen molar-refractivity contribution in [1.82, 2.24) is 10.2 Å². The van der Waals surface area contributed by atoms with E-state index < -0.39 is 23.6 Å². The molecule has 2 N–H and O–H groups in total. The average molecular weight is 294 g/mol. The van der Waals surface area contributed by atoms with E-state index in [0.717, 1.165) is 12.8 Å². The number of hydrogen-bond acceptors (Lipinski definition) is 3. The van der Waals surface area contributed by atoms with E-state index in [0.29, 0.717) is 13.0 Å². The van der Waals surface area contributed by atoms with E-state index >= 15 is 0 Å². The smallest absolute Gasteiger partial charge is 0.393 e. The van der Waals surface area contributed by atoms with Crippen LogP contribution in [0.1, 0.15) is 25.7 Å². The summed E-state index contributed by atoms with van der Waals surface area (Å²) in [6.07, 6.45) is -1.94. The van der Waals surface area contributed by atoms with Crippen LogP contribution in [0, 0.1) is 11.8 Å². The summed E-state index contributed by atoms with van der Waals surface area (Å²) < 4.78 is 38.4. The lowest BCUT2D eigenvalue weighted by Crippen LogP contribution is -2.61. The minimum absolute atomic E-state index is 0.0243. The highest BCUT2D eigenvalue weighted by Gasteiger charge is 2.52. The molecule has 1 aliphatic carbocycles. The molecule has 0 radical (unpaired) electrons.